The van der Waals surface area contributed by atoms with Gasteiger partial charge in [-0.2, -0.15) is 13.2 Å². The number of rotatable bonds is 7. The van der Waals surface area contributed by atoms with Gasteiger partial charge in [-0.1, -0.05) is 6.07 Å². The molecule has 0 aromatic heterocycles. The monoisotopic (exact) mass is 413 g/mol. The minimum absolute atomic E-state index is 0.0166. The maximum Gasteiger partial charge on any atom is 0.416 e. The number of anilines is 1. The van der Waals surface area contributed by atoms with Gasteiger partial charge in [-0.25, -0.2) is 4.79 Å². The largest absolute Gasteiger partial charge is 0.496 e. The van der Waals surface area contributed by atoms with Crippen molar-refractivity contribution in [2.24, 2.45) is 0 Å². The Morgan fingerprint density at radius 2 is 1.55 bits per heavy atom. The van der Waals surface area contributed by atoms with Gasteiger partial charge in [0.25, 0.3) is 5.91 Å². The molecule has 1 amide bonds. The molecule has 0 bridgehead atoms. The summed E-state index contributed by atoms with van der Waals surface area (Å²) in [6, 6.07) is 6.82. The molecule has 0 heterocycles. The zero-order valence-corrected chi connectivity index (χ0v) is 15.8. The van der Waals surface area contributed by atoms with Gasteiger partial charge >= 0.3 is 12.1 Å². The number of alkyl halides is 3. The number of hydrogen-bond acceptors (Lipinski definition) is 6. The number of benzene rings is 2. The molecule has 0 saturated carbocycles. The van der Waals surface area contributed by atoms with Crippen LogP contribution in [0, 0.1) is 0 Å². The molecule has 0 atom stereocenters. The Morgan fingerprint density at radius 3 is 2.14 bits per heavy atom. The van der Waals surface area contributed by atoms with Gasteiger partial charge in [0.15, 0.2) is 18.1 Å². The molecule has 2 aromatic rings. The number of hydrogen-bond donors (Lipinski definition) is 1. The summed E-state index contributed by atoms with van der Waals surface area (Å²) in [5.41, 5.74) is -1.01. The summed E-state index contributed by atoms with van der Waals surface area (Å²) in [7, 11) is 4.12. The molecule has 10 heteroatoms. The lowest BCUT2D eigenvalue weighted by Gasteiger charge is -2.14. The first-order chi connectivity index (χ1) is 13.7. The van der Waals surface area contributed by atoms with Crippen LogP contribution in [-0.4, -0.2) is 39.8 Å². The smallest absolute Gasteiger partial charge is 0.416 e. The third-order valence-corrected chi connectivity index (χ3v) is 3.73. The van der Waals surface area contributed by atoms with Gasteiger partial charge in [0.05, 0.1) is 26.9 Å². The van der Waals surface area contributed by atoms with E-state index in [-0.39, 0.29) is 22.7 Å². The second kappa shape index (κ2) is 9.18. The normalized spacial score (nSPS) is 10.8. The van der Waals surface area contributed by atoms with Crippen LogP contribution in [0.5, 0.6) is 17.2 Å². The molecule has 0 aliphatic heterocycles. The van der Waals surface area contributed by atoms with E-state index in [0.29, 0.717) is 5.75 Å². The summed E-state index contributed by atoms with van der Waals surface area (Å²) < 4.78 is 58.4. The summed E-state index contributed by atoms with van der Waals surface area (Å²) in [5.74, 6) is -0.998. The minimum atomic E-state index is -4.54. The second-order valence-electron chi connectivity index (χ2n) is 5.61. The topological polar surface area (TPSA) is 83.1 Å². The molecule has 0 saturated heterocycles. The minimum Gasteiger partial charge on any atom is -0.496 e. The van der Waals surface area contributed by atoms with E-state index in [0.717, 1.165) is 18.2 Å². The summed E-state index contributed by atoms with van der Waals surface area (Å²) in [6.07, 6.45) is -4.54. The number of methoxy groups -OCH3 is 3. The van der Waals surface area contributed by atoms with Gasteiger partial charge in [0, 0.05) is 17.8 Å². The summed E-state index contributed by atoms with van der Waals surface area (Å²) in [4.78, 5) is 24.2. The van der Waals surface area contributed by atoms with Crippen LogP contribution in [0.15, 0.2) is 36.4 Å². The second-order valence-corrected chi connectivity index (χ2v) is 5.61. The van der Waals surface area contributed by atoms with Crippen molar-refractivity contribution in [2.75, 3.05) is 33.3 Å². The van der Waals surface area contributed by atoms with Crippen molar-refractivity contribution in [3.63, 3.8) is 0 Å². The van der Waals surface area contributed by atoms with E-state index in [1.165, 1.54) is 39.5 Å². The standard InChI is InChI=1S/C19H18F3NO6/c1-26-14-9-16(28-3)15(27-2)8-13(14)18(25)29-10-17(24)23-12-6-4-5-11(7-12)19(20,21)22/h4-9H,10H2,1-3H3,(H,23,24). The first-order valence-corrected chi connectivity index (χ1v) is 8.13. The molecular formula is C19H18F3NO6. The Hall–Kier alpha value is -3.43. The number of nitrogens with one attached hydrogen (secondary N) is 1. The molecule has 0 aliphatic carbocycles. The van der Waals surface area contributed by atoms with E-state index in [1.54, 1.807) is 0 Å². The molecule has 0 fully saturated rings. The van der Waals surface area contributed by atoms with E-state index in [1.807, 2.05) is 0 Å². The van der Waals surface area contributed by atoms with Crippen LogP contribution in [0.2, 0.25) is 0 Å². The van der Waals surface area contributed by atoms with Gasteiger partial charge < -0.3 is 24.3 Å². The summed E-state index contributed by atoms with van der Waals surface area (Å²) in [5, 5.41) is 2.24. The maximum atomic E-state index is 12.7. The van der Waals surface area contributed by atoms with Crippen LogP contribution in [-0.2, 0) is 15.7 Å². The van der Waals surface area contributed by atoms with Gasteiger partial charge in [-0.15, -0.1) is 0 Å². The molecule has 29 heavy (non-hydrogen) atoms. The fourth-order valence-corrected chi connectivity index (χ4v) is 2.37. The number of ether oxygens (including phenoxy) is 4. The van der Waals surface area contributed by atoms with Crippen molar-refractivity contribution < 1.29 is 41.7 Å². The summed E-state index contributed by atoms with van der Waals surface area (Å²) >= 11 is 0. The Morgan fingerprint density at radius 1 is 0.931 bits per heavy atom. The van der Waals surface area contributed by atoms with E-state index < -0.39 is 30.2 Å². The zero-order chi connectivity index (χ0) is 21.6. The van der Waals surface area contributed by atoms with E-state index in [4.69, 9.17) is 18.9 Å². The predicted molar refractivity (Wildman–Crippen MR) is 96.5 cm³/mol. The average Bonchev–Trinajstić information content (AvgIpc) is 2.70. The molecule has 7 nitrogen and oxygen atoms in total. The van der Waals surface area contributed by atoms with Gasteiger partial charge in [0.2, 0.25) is 0 Å². The Bertz CT molecular complexity index is 898. The molecule has 2 aromatic carbocycles. The third kappa shape index (κ3) is 5.53. The molecule has 156 valence electrons. The van der Waals surface area contributed by atoms with Gasteiger partial charge in [-0.3, -0.25) is 4.79 Å². The van der Waals surface area contributed by atoms with E-state index >= 15 is 0 Å². The van der Waals surface area contributed by atoms with Crippen LogP contribution in [0.1, 0.15) is 15.9 Å². The number of esters is 1. The van der Waals surface area contributed by atoms with Crippen molar-refractivity contribution in [1.29, 1.82) is 0 Å². The highest BCUT2D eigenvalue weighted by molar-refractivity contribution is 5.97. The number of carbonyl (C=O) groups excluding carboxylic acids is 2. The molecular weight excluding hydrogens is 395 g/mol. The lowest BCUT2D eigenvalue weighted by atomic mass is 10.1. The Balaban J connectivity index is 2.06. The molecule has 0 aliphatic rings. The van der Waals surface area contributed by atoms with E-state index in [2.05, 4.69) is 5.32 Å². The Kier molecular flexibility index (Phi) is 6.92. The molecule has 0 radical (unpaired) electrons. The first kappa shape index (κ1) is 21.9. The summed E-state index contributed by atoms with van der Waals surface area (Å²) in [6.45, 7) is -0.716. The maximum absolute atomic E-state index is 12.7. The highest BCUT2D eigenvalue weighted by Crippen LogP contribution is 2.35. The zero-order valence-electron chi connectivity index (χ0n) is 15.8. The van der Waals surface area contributed by atoms with Crippen molar-refractivity contribution in [3.05, 3.63) is 47.5 Å². The van der Waals surface area contributed by atoms with Crippen molar-refractivity contribution in [3.8, 4) is 17.2 Å². The fraction of sp³-hybridized carbons (Fsp3) is 0.263. The predicted octanol–water partition coefficient (Wildman–Crippen LogP) is 3.53. The van der Waals surface area contributed by atoms with E-state index in [9.17, 15) is 22.8 Å². The van der Waals surface area contributed by atoms with Gasteiger partial charge in [-0.05, 0) is 18.2 Å². The van der Waals surface area contributed by atoms with Crippen molar-refractivity contribution >= 4 is 17.6 Å². The van der Waals surface area contributed by atoms with Crippen LogP contribution in [0.25, 0.3) is 0 Å². The number of halogens is 3. The lowest BCUT2D eigenvalue weighted by Crippen LogP contribution is -2.21. The quantitative estimate of drug-likeness (QED) is 0.700. The van der Waals surface area contributed by atoms with Crippen molar-refractivity contribution in [2.45, 2.75) is 6.18 Å². The highest BCUT2D eigenvalue weighted by Gasteiger charge is 2.30. The van der Waals surface area contributed by atoms with Crippen LogP contribution in [0.4, 0.5) is 18.9 Å². The SMILES string of the molecule is COc1cc(OC)c(C(=O)OCC(=O)Nc2cccc(C(F)(F)F)c2)cc1OC. The Labute approximate surface area is 164 Å². The van der Waals surface area contributed by atoms with Gasteiger partial charge in [0.1, 0.15) is 11.3 Å². The highest BCUT2D eigenvalue weighted by atomic mass is 19.4. The number of amides is 1. The molecule has 2 rings (SSSR count). The fourth-order valence-electron chi connectivity index (χ4n) is 2.37. The van der Waals surface area contributed by atoms with Crippen LogP contribution >= 0.6 is 0 Å². The molecule has 0 spiro atoms. The average molecular weight is 413 g/mol. The van der Waals surface area contributed by atoms with Crippen LogP contribution < -0.4 is 19.5 Å². The number of carbonyl (C=O) groups is 2. The first-order valence-electron chi connectivity index (χ1n) is 8.13. The third-order valence-electron chi connectivity index (χ3n) is 3.73. The van der Waals surface area contributed by atoms with Crippen molar-refractivity contribution in [1.82, 2.24) is 0 Å². The molecule has 1 N–H and O–H groups in total. The molecule has 0 unspecified atom stereocenters. The van der Waals surface area contributed by atoms with Crippen LogP contribution in [0.3, 0.4) is 0 Å². The lowest BCUT2D eigenvalue weighted by molar-refractivity contribution is -0.137.